The van der Waals surface area contributed by atoms with Crippen LogP contribution < -0.4 is 14.8 Å². The molecule has 3 aromatic rings. The Balaban J connectivity index is 1.40. The summed E-state index contributed by atoms with van der Waals surface area (Å²) >= 11 is 0. The number of ketones is 1. The van der Waals surface area contributed by atoms with Gasteiger partial charge in [-0.25, -0.2) is 4.79 Å². The van der Waals surface area contributed by atoms with Crippen molar-refractivity contribution in [3.05, 3.63) is 113 Å². The molecule has 0 saturated carbocycles. The fourth-order valence-corrected chi connectivity index (χ4v) is 5.31. The van der Waals surface area contributed by atoms with Gasteiger partial charge in [-0.3, -0.25) is 4.79 Å². The Labute approximate surface area is 227 Å². The third-order valence-corrected chi connectivity index (χ3v) is 7.19. The van der Waals surface area contributed by atoms with Gasteiger partial charge in [-0.05, 0) is 66.8 Å². The molecule has 3 aromatic carbocycles. The van der Waals surface area contributed by atoms with Crippen molar-refractivity contribution in [3.63, 3.8) is 0 Å². The van der Waals surface area contributed by atoms with Crippen LogP contribution in [0.3, 0.4) is 0 Å². The summed E-state index contributed by atoms with van der Waals surface area (Å²) in [6.45, 7) is 2.09. The Morgan fingerprint density at radius 2 is 1.59 bits per heavy atom. The zero-order valence-corrected chi connectivity index (χ0v) is 22.0. The van der Waals surface area contributed by atoms with Gasteiger partial charge in [0.15, 0.2) is 5.78 Å². The number of methoxy groups -OCH3 is 1. The Morgan fingerprint density at radius 1 is 0.897 bits per heavy atom. The summed E-state index contributed by atoms with van der Waals surface area (Å²) in [6.07, 6.45) is 0.959. The molecule has 2 atom stereocenters. The van der Waals surface area contributed by atoms with Gasteiger partial charge in [0.1, 0.15) is 30.5 Å². The van der Waals surface area contributed by atoms with E-state index in [0.29, 0.717) is 35.4 Å². The van der Waals surface area contributed by atoms with Crippen LogP contribution in [0.2, 0.25) is 0 Å². The van der Waals surface area contributed by atoms with Crippen LogP contribution in [0.1, 0.15) is 42.7 Å². The minimum absolute atomic E-state index is 0.00607. The van der Waals surface area contributed by atoms with Gasteiger partial charge in [-0.15, -0.1) is 0 Å². The summed E-state index contributed by atoms with van der Waals surface area (Å²) < 4.78 is 16.6. The molecule has 0 aromatic heterocycles. The lowest BCUT2D eigenvalue weighted by molar-refractivity contribution is -0.140. The van der Waals surface area contributed by atoms with E-state index in [4.69, 9.17) is 14.2 Å². The first-order valence-corrected chi connectivity index (χ1v) is 13.0. The van der Waals surface area contributed by atoms with Crippen molar-refractivity contribution in [2.45, 2.75) is 31.6 Å². The number of phenolic OH excluding ortho intramolecular Hbond substituents is 1. The minimum Gasteiger partial charge on any atom is -0.508 e. The molecule has 0 amide bonds. The lowest BCUT2D eigenvalue weighted by atomic mass is 9.71. The van der Waals surface area contributed by atoms with Crippen LogP contribution in [-0.4, -0.2) is 37.2 Å². The van der Waals surface area contributed by atoms with Crippen LogP contribution in [0.5, 0.6) is 17.2 Å². The number of nitrogens with one attached hydrogen (secondary N) is 1. The Kier molecular flexibility index (Phi) is 7.68. The normalized spacial score (nSPS) is 18.8. The first kappa shape index (κ1) is 26.1. The number of aromatic hydroxyl groups is 1. The molecule has 1 aliphatic carbocycles. The third kappa shape index (κ3) is 5.67. The maximum absolute atomic E-state index is 13.7. The van der Waals surface area contributed by atoms with Crippen LogP contribution >= 0.6 is 0 Å². The van der Waals surface area contributed by atoms with Crippen molar-refractivity contribution in [3.8, 4) is 17.2 Å². The highest BCUT2D eigenvalue weighted by Gasteiger charge is 2.41. The molecule has 0 saturated heterocycles. The Bertz CT molecular complexity index is 1410. The maximum atomic E-state index is 13.7. The summed E-state index contributed by atoms with van der Waals surface area (Å²) in [7, 11) is 1.62. The molecule has 0 bridgehead atoms. The molecule has 7 nitrogen and oxygen atoms in total. The highest BCUT2D eigenvalue weighted by atomic mass is 16.6. The second-order valence-corrected chi connectivity index (χ2v) is 9.68. The molecule has 1 heterocycles. The van der Waals surface area contributed by atoms with E-state index < -0.39 is 11.9 Å². The predicted molar refractivity (Wildman–Crippen MR) is 147 cm³/mol. The molecule has 7 heteroatoms. The molecule has 2 N–H and O–H groups in total. The van der Waals surface area contributed by atoms with E-state index >= 15 is 0 Å². The van der Waals surface area contributed by atoms with Gasteiger partial charge in [0.05, 0.1) is 12.7 Å². The average Bonchev–Trinajstić information content (AvgIpc) is 2.95. The molecule has 2 aliphatic rings. The van der Waals surface area contributed by atoms with Gasteiger partial charge in [0.2, 0.25) is 0 Å². The van der Waals surface area contributed by atoms with Gasteiger partial charge in [0.25, 0.3) is 0 Å². The van der Waals surface area contributed by atoms with Gasteiger partial charge in [-0.2, -0.15) is 0 Å². The van der Waals surface area contributed by atoms with Crippen molar-refractivity contribution >= 4 is 11.8 Å². The van der Waals surface area contributed by atoms with Crippen LogP contribution in [0.15, 0.2) is 101 Å². The summed E-state index contributed by atoms with van der Waals surface area (Å²) in [5.74, 6) is 0.443. The van der Waals surface area contributed by atoms with Crippen molar-refractivity contribution < 1.29 is 28.9 Å². The summed E-state index contributed by atoms with van der Waals surface area (Å²) in [6, 6.07) is 23.7. The summed E-state index contributed by atoms with van der Waals surface area (Å²) in [5, 5.41) is 13.2. The fourth-order valence-electron chi connectivity index (χ4n) is 5.31. The number of esters is 1. The van der Waals surface area contributed by atoms with Crippen molar-refractivity contribution in [2.24, 2.45) is 0 Å². The minimum atomic E-state index is -0.603. The van der Waals surface area contributed by atoms with Crippen molar-refractivity contribution in [2.75, 3.05) is 20.3 Å². The van der Waals surface area contributed by atoms with Crippen molar-refractivity contribution in [1.82, 2.24) is 5.32 Å². The number of carbonyl (C=O) groups is 2. The predicted octanol–water partition coefficient (Wildman–Crippen LogP) is 5.38. The number of benzene rings is 3. The molecule has 0 fully saturated rings. The molecular weight excluding hydrogens is 494 g/mol. The van der Waals surface area contributed by atoms with E-state index in [1.54, 1.807) is 31.4 Å². The quantitative estimate of drug-likeness (QED) is 0.301. The fraction of sp³-hybridized carbons (Fsp3) is 0.250. The number of ether oxygens (including phenoxy) is 3. The van der Waals surface area contributed by atoms with Gasteiger partial charge in [-0.1, -0.05) is 42.5 Å². The lowest BCUT2D eigenvalue weighted by Gasteiger charge is -2.36. The van der Waals surface area contributed by atoms with E-state index in [9.17, 15) is 14.7 Å². The number of dihydropyridines is 1. The topological polar surface area (TPSA) is 94.1 Å². The van der Waals surface area contributed by atoms with Crippen LogP contribution in [0.25, 0.3) is 0 Å². The first-order chi connectivity index (χ1) is 18.9. The molecular formula is C32H31NO6. The standard InChI is InChI=1S/C32H31NO6/c1-20-29(32(36)39-17-16-38-26-6-4-3-5-7-26)30(22-8-12-24(34)13-9-22)31-27(33-20)18-23(19-28(31)35)21-10-14-25(37-2)15-11-21/h3-15,23,30,33-34H,16-19H2,1-2H3. The van der Waals surface area contributed by atoms with Gasteiger partial charge >= 0.3 is 5.97 Å². The number of hydrogen-bond donors (Lipinski definition) is 2. The average molecular weight is 526 g/mol. The number of carbonyl (C=O) groups excluding carboxylic acids is 2. The number of rotatable bonds is 8. The van der Waals surface area contributed by atoms with E-state index in [1.807, 2.05) is 61.5 Å². The Hall–Kier alpha value is -4.52. The van der Waals surface area contributed by atoms with E-state index in [2.05, 4.69) is 5.32 Å². The first-order valence-electron chi connectivity index (χ1n) is 13.0. The van der Waals surface area contributed by atoms with Gasteiger partial charge < -0.3 is 24.6 Å². The smallest absolute Gasteiger partial charge is 0.336 e. The van der Waals surface area contributed by atoms with Crippen molar-refractivity contribution in [1.29, 1.82) is 0 Å². The van der Waals surface area contributed by atoms with Crippen LogP contribution in [0, 0.1) is 0 Å². The third-order valence-electron chi connectivity index (χ3n) is 7.19. The molecule has 5 rings (SSSR count). The van der Waals surface area contributed by atoms with E-state index in [-0.39, 0.29) is 30.7 Å². The zero-order valence-electron chi connectivity index (χ0n) is 22.0. The second kappa shape index (κ2) is 11.5. The number of Topliss-reactive ketones (excluding diaryl/α,β-unsaturated/α-hetero) is 1. The number of phenols is 1. The highest BCUT2D eigenvalue weighted by Crippen LogP contribution is 2.46. The lowest BCUT2D eigenvalue weighted by Crippen LogP contribution is -2.36. The number of hydrogen-bond acceptors (Lipinski definition) is 7. The summed E-state index contributed by atoms with van der Waals surface area (Å²) in [5.41, 5.74) is 4.21. The summed E-state index contributed by atoms with van der Waals surface area (Å²) in [4.78, 5) is 27.1. The van der Waals surface area contributed by atoms with Crippen LogP contribution in [-0.2, 0) is 14.3 Å². The molecule has 39 heavy (non-hydrogen) atoms. The zero-order chi connectivity index (χ0) is 27.4. The maximum Gasteiger partial charge on any atom is 0.336 e. The molecule has 0 spiro atoms. The monoisotopic (exact) mass is 525 g/mol. The van der Waals surface area contributed by atoms with E-state index in [0.717, 1.165) is 22.6 Å². The number of para-hydroxylation sites is 1. The van der Waals surface area contributed by atoms with Gasteiger partial charge in [0, 0.05) is 29.3 Å². The highest BCUT2D eigenvalue weighted by molar-refractivity contribution is 6.04. The number of allylic oxidation sites excluding steroid dienone is 3. The molecule has 0 radical (unpaired) electrons. The SMILES string of the molecule is COc1ccc(C2CC(=O)C3=C(C2)NC(C)=C(C(=O)OCCOc2ccccc2)C3c2ccc(O)cc2)cc1. The molecule has 2 unspecified atom stereocenters. The second-order valence-electron chi connectivity index (χ2n) is 9.68. The molecule has 1 aliphatic heterocycles. The Morgan fingerprint density at radius 3 is 2.28 bits per heavy atom. The molecule has 200 valence electrons. The van der Waals surface area contributed by atoms with Crippen LogP contribution in [0.4, 0.5) is 0 Å². The van der Waals surface area contributed by atoms with E-state index in [1.165, 1.54) is 0 Å². The largest absolute Gasteiger partial charge is 0.508 e.